The smallest absolute Gasteiger partial charge is 0.145 e. The first-order valence-corrected chi connectivity index (χ1v) is 15.5. The molecule has 0 fully saturated rings. The molecule has 0 saturated carbocycles. The molecule has 9 heteroatoms. The number of aliphatic hydroxyl groups is 1. The normalized spacial score (nSPS) is 13.4. The highest BCUT2D eigenvalue weighted by Crippen LogP contribution is 2.38. The lowest BCUT2D eigenvalue weighted by Gasteiger charge is -2.18. The van der Waals surface area contributed by atoms with E-state index in [0.717, 1.165) is 17.0 Å². The maximum atomic E-state index is 14.2. The minimum atomic E-state index is -1.20. The molecule has 2 heterocycles. The van der Waals surface area contributed by atoms with Gasteiger partial charge in [-0.15, -0.1) is 11.3 Å². The van der Waals surface area contributed by atoms with Gasteiger partial charge in [-0.3, -0.25) is 0 Å². The molecule has 152 valence electrons. The standard InChI is InChI=1S/C19H23Br2FN2O2SSi/c1-28(2,3)8-7-26-11-24-16(15(25)9-20)18(21)23-19(24)13-10-27-17-12(13)5-4-6-14(17)22/h4-6,10,15,25H,7-9,11H2,1-3H3. The number of imidazole rings is 1. The molecule has 1 N–H and O–H groups in total. The van der Waals surface area contributed by atoms with Crippen LogP contribution in [0.25, 0.3) is 21.5 Å². The van der Waals surface area contributed by atoms with Crippen molar-refractivity contribution in [2.75, 3.05) is 11.9 Å². The second-order valence-corrected chi connectivity index (χ2v) is 15.7. The fraction of sp³-hybridized carbons (Fsp3) is 0.421. The summed E-state index contributed by atoms with van der Waals surface area (Å²) in [6.45, 7) is 7.86. The predicted octanol–water partition coefficient (Wildman–Crippen LogP) is 6.41. The number of hydrogen-bond donors (Lipinski definition) is 1. The zero-order chi connectivity index (χ0) is 20.5. The van der Waals surface area contributed by atoms with E-state index >= 15 is 0 Å². The zero-order valence-electron chi connectivity index (χ0n) is 16.0. The second kappa shape index (κ2) is 9.05. The second-order valence-electron chi connectivity index (χ2n) is 7.82. The number of halogens is 3. The van der Waals surface area contributed by atoms with E-state index < -0.39 is 14.2 Å². The van der Waals surface area contributed by atoms with E-state index in [0.29, 0.717) is 32.8 Å². The van der Waals surface area contributed by atoms with E-state index in [9.17, 15) is 9.50 Å². The predicted molar refractivity (Wildman–Crippen MR) is 124 cm³/mol. The Bertz CT molecular complexity index is 971. The van der Waals surface area contributed by atoms with Crippen LogP contribution in [0.3, 0.4) is 0 Å². The molecule has 28 heavy (non-hydrogen) atoms. The first-order valence-electron chi connectivity index (χ1n) is 8.96. The molecule has 0 aliphatic carbocycles. The average Bonchev–Trinajstić information content (AvgIpc) is 3.19. The molecule has 1 atom stereocenters. The van der Waals surface area contributed by atoms with Gasteiger partial charge >= 0.3 is 0 Å². The van der Waals surface area contributed by atoms with Crippen molar-refractivity contribution in [2.24, 2.45) is 0 Å². The number of thiophene rings is 1. The highest BCUT2D eigenvalue weighted by Gasteiger charge is 2.24. The maximum Gasteiger partial charge on any atom is 0.145 e. The van der Waals surface area contributed by atoms with Gasteiger partial charge in [-0.25, -0.2) is 9.37 Å². The van der Waals surface area contributed by atoms with Crippen molar-refractivity contribution in [2.45, 2.75) is 38.5 Å². The van der Waals surface area contributed by atoms with Crippen molar-refractivity contribution in [3.8, 4) is 11.4 Å². The highest BCUT2D eigenvalue weighted by atomic mass is 79.9. The van der Waals surface area contributed by atoms with Gasteiger partial charge in [0.25, 0.3) is 0 Å². The Morgan fingerprint density at radius 2 is 2.11 bits per heavy atom. The van der Waals surface area contributed by atoms with Crippen LogP contribution in [0, 0.1) is 5.82 Å². The monoisotopic (exact) mass is 548 g/mol. The summed E-state index contributed by atoms with van der Waals surface area (Å²) in [6.07, 6.45) is -0.738. The first-order chi connectivity index (χ1) is 13.2. The molecule has 4 nitrogen and oxygen atoms in total. The zero-order valence-corrected chi connectivity index (χ0v) is 21.0. The Labute approximate surface area is 186 Å². The van der Waals surface area contributed by atoms with Crippen LogP contribution in [-0.4, -0.2) is 34.7 Å². The van der Waals surface area contributed by atoms with Gasteiger partial charge in [-0.2, -0.15) is 0 Å². The summed E-state index contributed by atoms with van der Waals surface area (Å²) in [5.41, 5.74) is 1.48. The SMILES string of the molecule is C[Si](C)(C)CCOCn1c(-c2csc3c(F)cccc23)nc(Br)c1C(O)CBr. The Morgan fingerprint density at radius 3 is 2.79 bits per heavy atom. The highest BCUT2D eigenvalue weighted by molar-refractivity contribution is 9.10. The quantitative estimate of drug-likeness (QED) is 0.201. The number of aliphatic hydroxyl groups excluding tert-OH is 1. The molecule has 0 aliphatic rings. The minimum absolute atomic E-state index is 0.238. The van der Waals surface area contributed by atoms with Crippen LogP contribution in [0.2, 0.25) is 25.7 Å². The van der Waals surface area contributed by atoms with Crippen LogP contribution >= 0.6 is 43.2 Å². The van der Waals surface area contributed by atoms with E-state index in [1.807, 2.05) is 16.0 Å². The number of alkyl halides is 1. The molecule has 0 bridgehead atoms. The van der Waals surface area contributed by atoms with Crippen molar-refractivity contribution >= 4 is 61.4 Å². The molecule has 1 aromatic carbocycles. The lowest BCUT2D eigenvalue weighted by atomic mass is 10.1. The van der Waals surface area contributed by atoms with E-state index in [1.54, 1.807) is 6.07 Å². The summed E-state index contributed by atoms with van der Waals surface area (Å²) in [7, 11) is -1.20. The van der Waals surface area contributed by atoms with Gasteiger partial charge < -0.3 is 14.4 Å². The van der Waals surface area contributed by atoms with E-state index in [2.05, 4.69) is 56.5 Å². The van der Waals surface area contributed by atoms with E-state index in [-0.39, 0.29) is 12.5 Å². The van der Waals surface area contributed by atoms with Crippen LogP contribution in [0.15, 0.2) is 28.2 Å². The van der Waals surface area contributed by atoms with Crippen LogP contribution < -0.4 is 0 Å². The third-order valence-electron chi connectivity index (χ3n) is 4.43. The third-order valence-corrected chi connectivity index (χ3v) is 8.34. The first kappa shape index (κ1) is 22.1. The molecule has 0 saturated heterocycles. The molecule has 0 amide bonds. The number of benzene rings is 1. The summed E-state index contributed by atoms with van der Waals surface area (Å²) < 4.78 is 23.2. The number of nitrogens with zero attached hydrogens (tertiary/aromatic N) is 2. The van der Waals surface area contributed by atoms with Gasteiger partial charge in [0.1, 0.15) is 29.1 Å². The molecule has 3 rings (SSSR count). The van der Waals surface area contributed by atoms with Crippen LogP contribution in [0.5, 0.6) is 0 Å². The lowest BCUT2D eigenvalue weighted by molar-refractivity contribution is 0.0795. The third kappa shape index (κ3) is 4.76. The van der Waals surface area contributed by atoms with Crippen molar-refractivity contribution < 1.29 is 14.2 Å². The average molecular weight is 550 g/mol. The van der Waals surface area contributed by atoms with Gasteiger partial charge in [0.05, 0.1) is 10.4 Å². The minimum Gasteiger partial charge on any atom is -0.386 e. The number of ether oxygens (including phenoxy) is 1. The number of fused-ring (bicyclic) bond motifs is 1. The summed E-state index contributed by atoms with van der Waals surface area (Å²) in [4.78, 5) is 4.64. The molecule has 2 aromatic heterocycles. The topological polar surface area (TPSA) is 47.3 Å². The van der Waals surface area contributed by atoms with E-state index in [4.69, 9.17) is 4.74 Å². The summed E-state index contributed by atoms with van der Waals surface area (Å²) >= 11 is 8.18. The van der Waals surface area contributed by atoms with E-state index in [1.165, 1.54) is 17.4 Å². The van der Waals surface area contributed by atoms with Crippen LogP contribution in [0.4, 0.5) is 4.39 Å². The molecule has 0 spiro atoms. The summed E-state index contributed by atoms with van der Waals surface area (Å²) in [5, 5.41) is 13.6. The largest absolute Gasteiger partial charge is 0.386 e. The van der Waals surface area contributed by atoms with Crippen molar-refractivity contribution in [3.63, 3.8) is 0 Å². The lowest BCUT2D eigenvalue weighted by Crippen LogP contribution is -2.22. The van der Waals surface area contributed by atoms with Crippen LogP contribution in [0.1, 0.15) is 11.8 Å². The molecular formula is C19H23Br2FN2O2SSi. The van der Waals surface area contributed by atoms with Gasteiger partial charge in [0.2, 0.25) is 0 Å². The van der Waals surface area contributed by atoms with Gasteiger partial charge in [0, 0.05) is 36.3 Å². The Morgan fingerprint density at radius 1 is 1.36 bits per heavy atom. The summed E-state index contributed by atoms with van der Waals surface area (Å²) in [6, 6.07) is 6.12. The fourth-order valence-corrected chi connectivity index (χ4v) is 5.56. The van der Waals surface area contributed by atoms with Crippen molar-refractivity contribution in [3.05, 3.63) is 39.7 Å². The Balaban J connectivity index is 2.01. The molecule has 3 aromatic rings. The maximum absolute atomic E-state index is 14.2. The van der Waals surface area contributed by atoms with Gasteiger partial charge in [-0.05, 0) is 28.0 Å². The van der Waals surface area contributed by atoms with Gasteiger partial charge in [0.15, 0.2) is 0 Å². The number of rotatable bonds is 8. The Kier molecular flexibility index (Phi) is 7.15. The van der Waals surface area contributed by atoms with Crippen LogP contribution in [-0.2, 0) is 11.5 Å². The number of hydrogen-bond acceptors (Lipinski definition) is 4. The Hall–Kier alpha value is -0.583. The van der Waals surface area contributed by atoms with Crippen molar-refractivity contribution in [1.82, 2.24) is 9.55 Å². The number of aromatic nitrogens is 2. The molecule has 0 radical (unpaired) electrons. The fourth-order valence-electron chi connectivity index (χ4n) is 2.89. The summed E-state index contributed by atoms with van der Waals surface area (Å²) in [5.74, 6) is 0.421. The van der Waals surface area contributed by atoms with Crippen molar-refractivity contribution in [1.29, 1.82) is 0 Å². The molecule has 1 unspecified atom stereocenters. The molecule has 0 aliphatic heterocycles. The van der Waals surface area contributed by atoms with Gasteiger partial charge in [-0.1, -0.05) is 47.7 Å². The molecular weight excluding hydrogens is 527 g/mol.